The van der Waals surface area contributed by atoms with Crippen LogP contribution in [0.25, 0.3) is 16.6 Å². The number of piperidine rings is 2. The minimum atomic E-state index is -0.526. The number of carbonyl (C=O) groups excluding carboxylic acids is 2. The number of halogens is 1. The second kappa shape index (κ2) is 8.35. The van der Waals surface area contributed by atoms with E-state index in [9.17, 15) is 14.0 Å². The number of aromatic nitrogens is 3. The van der Waals surface area contributed by atoms with Crippen molar-refractivity contribution in [1.29, 1.82) is 0 Å². The number of nitrogens with two attached hydrogens (primary N) is 1. The Kier molecular flexibility index (Phi) is 5.56. The lowest BCUT2D eigenvalue weighted by molar-refractivity contribution is -0.0104. The molecule has 4 heterocycles. The minimum Gasteiger partial charge on any atom is -0.444 e. The summed E-state index contributed by atoms with van der Waals surface area (Å²) < 4.78 is 21.3. The smallest absolute Gasteiger partial charge is 0.410 e. The topological polar surface area (TPSA) is 106 Å². The standard InChI is InChI=1S/C25H31FN6O3/c1-24(2,3)35-23(34)31-11-5-8-25(15-31)9-12-30(13-10-25)21(33)18-14-32-20(28-18)16-6-4-7-17(26)19(16)29-22(32)27/h4,6-7,14H,5,8-13,15H2,1-3H3,(H2,27,29). The van der Waals surface area contributed by atoms with E-state index in [1.807, 2.05) is 25.7 Å². The molecule has 35 heavy (non-hydrogen) atoms. The van der Waals surface area contributed by atoms with E-state index in [0.29, 0.717) is 37.2 Å². The molecule has 0 unspecified atom stereocenters. The van der Waals surface area contributed by atoms with E-state index >= 15 is 0 Å². The third-order valence-corrected chi connectivity index (χ3v) is 7.05. The average molecular weight is 483 g/mol. The van der Waals surface area contributed by atoms with Gasteiger partial charge >= 0.3 is 6.09 Å². The van der Waals surface area contributed by atoms with E-state index in [1.165, 1.54) is 10.5 Å². The summed E-state index contributed by atoms with van der Waals surface area (Å²) in [7, 11) is 0. The van der Waals surface area contributed by atoms with E-state index in [2.05, 4.69) is 9.97 Å². The molecule has 3 aromatic rings. The fourth-order valence-corrected chi connectivity index (χ4v) is 5.27. The van der Waals surface area contributed by atoms with Gasteiger partial charge in [-0.25, -0.2) is 19.2 Å². The summed E-state index contributed by atoms with van der Waals surface area (Å²) >= 11 is 0. The van der Waals surface area contributed by atoms with Crippen LogP contribution in [0.15, 0.2) is 24.4 Å². The van der Waals surface area contributed by atoms with Crippen LogP contribution in [0, 0.1) is 11.2 Å². The number of nitrogens with zero attached hydrogens (tertiary/aromatic N) is 5. The van der Waals surface area contributed by atoms with Gasteiger partial charge in [0.2, 0.25) is 5.95 Å². The summed E-state index contributed by atoms with van der Waals surface area (Å²) in [5.74, 6) is -0.597. The summed E-state index contributed by atoms with van der Waals surface area (Å²) in [4.78, 5) is 38.2. The van der Waals surface area contributed by atoms with Crippen molar-refractivity contribution in [3.8, 4) is 0 Å². The lowest BCUT2D eigenvalue weighted by Gasteiger charge is -2.47. The van der Waals surface area contributed by atoms with E-state index in [0.717, 1.165) is 25.7 Å². The predicted molar refractivity (Wildman–Crippen MR) is 129 cm³/mol. The second-order valence-corrected chi connectivity index (χ2v) is 10.7. The Bertz CT molecular complexity index is 1310. The first kappa shape index (κ1) is 23.3. The number of carbonyl (C=O) groups is 2. The summed E-state index contributed by atoms with van der Waals surface area (Å²) in [6, 6.07) is 4.62. The first-order valence-corrected chi connectivity index (χ1v) is 12.1. The van der Waals surface area contributed by atoms with Gasteiger partial charge in [0.1, 0.15) is 28.3 Å². The third-order valence-electron chi connectivity index (χ3n) is 7.05. The Labute approximate surface area is 203 Å². The van der Waals surface area contributed by atoms with Gasteiger partial charge in [-0.1, -0.05) is 6.07 Å². The predicted octanol–water partition coefficient (Wildman–Crippen LogP) is 3.86. The maximum absolute atomic E-state index is 14.2. The summed E-state index contributed by atoms with van der Waals surface area (Å²) in [5.41, 5.74) is 6.29. The lowest BCUT2D eigenvalue weighted by Crippen LogP contribution is -2.52. The van der Waals surface area contributed by atoms with Gasteiger partial charge in [-0.05, 0) is 64.0 Å². The zero-order valence-electron chi connectivity index (χ0n) is 20.4. The number of likely N-dealkylation sites (tertiary alicyclic amines) is 2. The highest BCUT2D eigenvalue weighted by Gasteiger charge is 2.41. The number of anilines is 1. The number of hydrogen-bond acceptors (Lipinski definition) is 6. The zero-order valence-corrected chi connectivity index (χ0v) is 20.4. The number of hydrogen-bond donors (Lipinski definition) is 1. The molecule has 5 rings (SSSR count). The number of benzene rings is 1. The van der Waals surface area contributed by atoms with Crippen molar-refractivity contribution >= 4 is 34.5 Å². The van der Waals surface area contributed by atoms with Crippen molar-refractivity contribution < 1.29 is 18.7 Å². The van der Waals surface area contributed by atoms with E-state index < -0.39 is 11.4 Å². The minimum absolute atomic E-state index is 0.00702. The quantitative estimate of drug-likeness (QED) is 0.565. The average Bonchev–Trinajstić information content (AvgIpc) is 3.26. The van der Waals surface area contributed by atoms with Crippen molar-refractivity contribution in [2.45, 2.75) is 52.1 Å². The summed E-state index contributed by atoms with van der Waals surface area (Å²) in [5, 5.41) is 0.500. The highest BCUT2D eigenvalue weighted by molar-refractivity contribution is 5.97. The highest BCUT2D eigenvalue weighted by atomic mass is 19.1. The van der Waals surface area contributed by atoms with Gasteiger partial charge in [-0.15, -0.1) is 0 Å². The van der Waals surface area contributed by atoms with Crippen LogP contribution in [0.1, 0.15) is 56.9 Å². The van der Waals surface area contributed by atoms with Gasteiger partial charge in [0.25, 0.3) is 5.91 Å². The van der Waals surface area contributed by atoms with Gasteiger partial charge in [-0.3, -0.25) is 9.20 Å². The normalized spacial score (nSPS) is 18.4. The maximum atomic E-state index is 14.2. The molecular weight excluding hydrogens is 451 g/mol. The van der Waals surface area contributed by atoms with Crippen LogP contribution < -0.4 is 5.73 Å². The van der Waals surface area contributed by atoms with Gasteiger partial charge in [-0.2, -0.15) is 0 Å². The Morgan fingerprint density at radius 2 is 1.83 bits per heavy atom. The molecule has 2 aromatic heterocycles. The molecule has 2 saturated heterocycles. The molecule has 0 saturated carbocycles. The number of para-hydroxylation sites is 1. The van der Waals surface area contributed by atoms with Crippen LogP contribution in [-0.2, 0) is 4.74 Å². The molecular formula is C25H31FN6O3. The van der Waals surface area contributed by atoms with Crippen LogP contribution in [-0.4, -0.2) is 67.9 Å². The number of rotatable bonds is 1. The van der Waals surface area contributed by atoms with Crippen LogP contribution >= 0.6 is 0 Å². The third kappa shape index (κ3) is 4.37. The van der Waals surface area contributed by atoms with Crippen molar-refractivity contribution in [3.63, 3.8) is 0 Å². The van der Waals surface area contributed by atoms with E-state index in [-0.39, 0.29) is 34.6 Å². The van der Waals surface area contributed by atoms with Crippen LogP contribution in [0.5, 0.6) is 0 Å². The molecule has 0 atom stereocenters. The Morgan fingerprint density at radius 1 is 1.09 bits per heavy atom. The maximum Gasteiger partial charge on any atom is 0.410 e. The summed E-state index contributed by atoms with van der Waals surface area (Å²) in [6.07, 6.45) is 4.87. The van der Waals surface area contributed by atoms with Crippen LogP contribution in [0.3, 0.4) is 0 Å². The van der Waals surface area contributed by atoms with E-state index in [4.69, 9.17) is 10.5 Å². The molecule has 2 fully saturated rings. The van der Waals surface area contributed by atoms with Crippen LogP contribution in [0.4, 0.5) is 15.1 Å². The van der Waals surface area contributed by atoms with Crippen molar-refractivity contribution in [3.05, 3.63) is 35.9 Å². The number of imidazole rings is 1. The number of nitrogen functional groups attached to an aromatic ring is 1. The molecule has 2 N–H and O–H groups in total. The summed E-state index contributed by atoms with van der Waals surface area (Å²) in [6.45, 7) is 8.13. The Hall–Kier alpha value is -3.43. The van der Waals surface area contributed by atoms with Crippen LogP contribution in [0.2, 0.25) is 0 Å². The SMILES string of the molecule is CC(C)(C)OC(=O)N1CCCC2(CCN(C(=O)c3cn4c(N)nc5c(F)cccc5c4n3)CC2)C1. The fraction of sp³-hybridized carbons (Fsp3) is 0.520. The molecule has 0 aliphatic carbocycles. The van der Waals surface area contributed by atoms with Crippen molar-refractivity contribution in [1.82, 2.24) is 24.2 Å². The largest absolute Gasteiger partial charge is 0.444 e. The van der Waals surface area contributed by atoms with Gasteiger partial charge in [0, 0.05) is 37.8 Å². The molecule has 9 nitrogen and oxygen atoms in total. The van der Waals surface area contributed by atoms with Crippen molar-refractivity contribution in [2.75, 3.05) is 31.9 Å². The zero-order chi connectivity index (χ0) is 25.0. The number of amides is 2. The number of fused-ring (bicyclic) bond motifs is 3. The number of ether oxygens (including phenoxy) is 1. The second-order valence-electron chi connectivity index (χ2n) is 10.7. The van der Waals surface area contributed by atoms with Gasteiger partial charge < -0.3 is 20.3 Å². The molecule has 0 bridgehead atoms. The first-order chi connectivity index (χ1) is 16.6. The van der Waals surface area contributed by atoms with Gasteiger partial charge in [0.15, 0.2) is 0 Å². The molecule has 2 aliphatic heterocycles. The lowest BCUT2D eigenvalue weighted by atomic mass is 9.72. The van der Waals surface area contributed by atoms with Crippen molar-refractivity contribution in [2.24, 2.45) is 5.41 Å². The molecule has 10 heteroatoms. The molecule has 0 radical (unpaired) electrons. The first-order valence-electron chi connectivity index (χ1n) is 12.1. The monoisotopic (exact) mass is 482 g/mol. The Balaban J connectivity index is 1.31. The molecule has 1 aromatic carbocycles. The Morgan fingerprint density at radius 3 is 2.54 bits per heavy atom. The molecule has 2 aliphatic rings. The van der Waals surface area contributed by atoms with Gasteiger partial charge in [0.05, 0.1) is 0 Å². The molecule has 1 spiro atoms. The van der Waals surface area contributed by atoms with E-state index in [1.54, 1.807) is 23.2 Å². The highest BCUT2D eigenvalue weighted by Crippen LogP contribution is 2.40. The fourth-order valence-electron chi connectivity index (χ4n) is 5.27. The molecule has 186 valence electrons. The molecule has 2 amide bonds.